The standard InChI is InChI=1S/C17H26O12/c1-26-14(24)7-4-27-15(10-6(7)2-9(20)17(10,25)5-19)29-16-13(23)12(22)11(21)8(3-18)28-16/h4,6,8-13,15-16,18-23,25H,2-3,5H2,1H3/t6-,8-,9+,10-,11-,12+,13-,15+,16+,17-/m1/s1. The highest BCUT2D eigenvalue weighted by molar-refractivity contribution is 5.89. The van der Waals surface area contributed by atoms with Gasteiger partial charge in [0.15, 0.2) is 6.29 Å². The molecule has 12 nitrogen and oxygen atoms in total. The maximum absolute atomic E-state index is 12.0. The monoisotopic (exact) mass is 422 g/mol. The van der Waals surface area contributed by atoms with E-state index in [0.29, 0.717) is 0 Å². The lowest BCUT2D eigenvalue weighted by atomic mass is 9.80. The van der Waals surface area contributed by atoms with E-state index in [9.17, 15) is 40.5 Å². The van der Waals surface area contributed by atoms with Crippen LogP contribution in [0, 0.1) is 11.8 Å². The van der Waals surface area contributed by atoms with Gasteiger partial charge < -0.3 is 54.7 Å². The summed E-state index contributed by atoms with van der Waals surface area (Å²) >= 11 is 0. The van der Waals surface area contributed by atoms with Crippen LogP contribution in [0.3, 0.4) is 0 Å². The van der Waals surface area contributed by atoms with Crippen molar-refractivity contribution in [1.82, 2.24) is 0 Å². The molecule has 0 spiro atoms. The fourth-order valence-corrected chi connectivity index (χ4v) is 4.18. The van der Waals surface area contributed by atoms with Crippen LogP contribution in [0.4, 0.5) is 0 Å². The first-order valence-electron chi connectivity index (χ1n) is 9.10. The lowest BCUT2D eigenvalue weighted by Gasteiger charge is -2.44. The van der Waals surface area contributed by atoms with Gasteiger partial charge in [0.2, 0.25) is 6.29 Å². The Morgan fingerprint density at radius 2 is 1.86 bits per heavy atom. The molecule has 0 bridgehead atoms. The van der Waals surface area contributed by atoms with Crippen molar-refractivity contribution in [1.29, 1.82) is 0 Å². The first-order valence-corrected chi connectivity index (χ1v) is 9.10. The number of ether oxygens (including phenoxy) is 4. The van der Waals surface area contributed by atoms with Gasteiger partial charge in [0.1, 0.15) is 30.0 Å². The van der Waals surface area contributed by atoms with Gasteiger partial charge in [0, 0.05) is 5.92 Å². The van der Waals surface area contributed by atoms with Crippen LogP contribution in [-0.2, 0) is 23.7 Å². The van der Waals surface area contributed by atoms with Crippen LogP contribution in [0.2, 0.25) is 0 Å². The highest BCUT2D eigenvalue weighted by Gasteiger charge is 2.62. The van der Waals surface area contributed by atoms with Crippen molar-refractivity contribution in [3.8, 4) is 0 Å². The Labute approximate surface area is 165 Å². The average molecular weight is 422 g/mol. The van der Waals surface area contributed by atoms with E-state index in [1.807, 2.05) is 0 Å². The summed E-state index contributed by atoms with van der Waals surface area (Å²) in [5.41, 5.74) is -2.08. The van der Waals surface area contributed by atoms with E-state index < -0.39 is 79.7 Å². The maximum Gasteiger partial charge on any atom is 0.337 e. The molecule has 3 rings (SSSR count). The fraction of sp³-hybridized carbons (Fsp3) is 0.824. The molecule has 1 saturated heterocycles. The molecule has 166 valence electrons. The molecule has 1 aliphatic carbocycles. The fourth-order valence-electron chi connectivity index (χ4n) is 4.18. The molecule has 3 aliphatic rings. The first kappa shape index (κ1) is 22.3. The van der Waals surface area contributed by atoms with Crippen LogP contribution in [0.5, 0.6) is 0 Å². The van der Waals surface area contributed by atoms with Crippen LogP contribution >= 0.6 is 0 Å². The van der Waals surface area contributed by atoms with Gasteiger partial charge in [0.05, 0.1) is 44.2 Å². The minimum absolute atomic E-state index is 0.0228. The normalized spacial score (nSPS) is 47.2. The molecule has 2 fully saturated rings. The molecule has 12 heteroatoms. The maximum atomic E-state index is 12.0. The summed E-state index contributed by atoms with van der Waals surface area (Å²) in [7, 11) is 1.15. The number of carbonyl (C=O) groups is 1. The number of carbonyl (C=O) groups excluding carboxylic acids is 1. The summed E-state index contributed by atoms with van der Waals surface area (Å²) in [5.74, 6) is -2.71. The minimum atomic E-state index is -2.10. The number of esters is 1. The van der Waals surface area contributed by atoms with Crippen molar-refractivity contribution in [2.24, 2.45) is 11.8 Å². The molecule has 0 aromatic heterocycles. The predicted molar refractivity (Wildman–Crippen MR) is 89.5 cm³/mol. The second-order valence-corrected chi connectivity index (χ2v) is 7.44. The van der Waals surface area contributed by atoms with Gasteiger partial charge in [-0.05, 0) is 6.42 Å². The van der Waals surface area contributed by atoms with Gasteiger partial charge in [-0.25, -0.2) is 4.79 Å². The molecule has 0 unspecified atom stereocenters. The van der Waals surface area contributed by atoms with Gasteiger partial charge in [-0.3, -0.25) is 0 Å². The van der Waals surface area contributed by atoms with Gasteiger partial charge >= 0.3 is 5.97 Å². The number of aliphatic hydroxyl groups is 7. The number of hydrogen-bond donors (Lipinski definition) is 7. The van der Waals surface area contributed by atoms with Crippen molar-refractivity contribution >= 4 is 5.97 Å². The number of fused-ring (bicyclic) bond motifs is 1. The van der Waals surface area contributed by atoms with Crippen LogP contribution < -0.4 is 0 Å². The second-order valence-electron chi connectivity index (χ2n) is 7.44. The van der Waals surface area contributed by atoms with E-state index in [-0.39, 0.29) is 12.0 Å². The lowest BCUT2D eigenvalue weighted by Crippen LogP contribution is -2.61. The average Bonchev–Trinajstić information content (AvgIpc) is 2.99. The van der Waals surface area contributed by atoms with Crippen LogP contribution in [0.1, 0.15) is 6.42 Å². The van der Waals surface area contributed by atoms with Gasteiger partial charge in [-0.2, -0.15) is 0 Å². The molecule has 7 N–H and O–H groups in total. The molecule has 10 atom stereocenters. The van der Waals surface area contributed by atoms with Crippen LogP contribution in [0.25, 0.3) is 0 Å². The summed E-state index contributed by atoms with van der Waals surface area (Å²) in [5, 5.41) is 70.0. The van der Waals surface area contributed by atoms with E-state index in [1.165, 1.54) is 0 Å². The van der Waals surface area contributed by atoms with E-state index >= 15 is 0 Å². The molecular weight excluding hydrogens is 396 g/mol. The number of rotatable bonds is 5. The highest BCUT2D eigenvalue weighted by atomic mass is 16.8. The lowest BCUT2D eigenvalue weighted by molar-refractivity contribution is -0.348. The Kier molecular flexibility index (Phi) is 6.48. The molecule has 0 aromatic carbocycles. The molecule has 2 aliphatic heterocycles. The molecule has 0 aromatic rings. The molecule has 1 saturated carbocycles. The van der Waals surface area contributed by atoms with Gasteiger partial charge in [0.25, 0.3) is 0 Å². The molecule has 2 heterocycles. The summed E-state index contributed by atoms with van der Waals surface area (Å²) in [6, 6.07) is 0. The Morgan fingerprint density at radius 1 is 1.17 bits per heavy atom. The Bertz CT molecular complexity index is 638. The molecule has 0 radical (unpaired) electrons. The van der Waals surface area contributed by atoms with Crippen molar-refractivity contribution in [3.05, 3.63) is 11.8 Å². The zero-order valence-corrected chi connectivity index (χ0v) is 15.6. The SMILES string of the molecule is COC(=O)C1=CO[C@@H](O[C@@H]2O[C@H](CO)[C@@H](O)[C@H](O)[C@H]2O)[C@H]2[C@@H]1C[C@H](O)[C@]2(O)CO. The van der Waals surface area contributed by atoms with Crippen molar-refractivity contribution in [2.45, 2.75) is 55.1 Å². The van der Waals surface area contributed by atoms with E-state index in [2.05, 4.69) is 4.74 Å². The third-order valence-corrected chi connectivity index (χ3v) is 5.88. The number of aliphatic hydroxyl groups excluding tert-OH is 6. The highest BCUT2D eigenvalue weighted by Crippen LogP contribution is 2.49. The molecule has 0 amide bonds. The van der Waals surface area contributed by atoms with Gasteiger partial charge in [-0.1, -0.05) is 0 Å². The smallest absolute Gasteiger partial charge is 0.337 e. The third kappa shape index (κ3) is 3.65. The number of methoxy groups -OCH3 is 1. The van der Waals surface area contributed by atoms with Gasteiger partial charge in [-0.15, -0.1) is 0 Å². The van der Waals surface area contributed by atoms with Crippen LogP contribution in [-0.4, -0.2) is 111 Å². The van der Waals surface area contributed by atoms with E-state index in [0.717, 1.165) is 13.4 Å². The first-order chi connectivity index (χ1) is 13.7. The predicted octanol–water partition coefficient (Wildman–Crippen LogP) is -4.06. The Hall–Kier alpha value is -1.35. The second kappa shape index (κ2) is 8.41. The zero-order valence-electron chi connectivity index (χ0n) is 15.6. The van der Waals surface area contributed by atoms with E-state index in [4.69, 9.17) is 14.2 Å². The number of hydrogen-bond acceptors (Lipinski definition) is 12. The van der Waals surface area contributed by atoms with Crippen LogP contribution in [0.15, 0.2) is 11.8 Å². The van der Waals surface area contributed by atoms with Crippen molar-refractivity contribution in [2.75, 3.05) is 20.3 Å². The molecular formula is C17H26O12. The summed E-state index contributed by atoms with van der Waals surface area (Å²) in [6.45, 7) is -1.55. The summed E-state index contributed by atoms with van der Waals surface area (Å²) in [6.07, 6.45) is -9.72. The quantitative estimate of drug-likeness (QED) is 0.212. The zero-order chi connectivity index (χ0) is 21.5. The topological polar surface area (TPSA) is 196 Å². The van der Waals surface area contributed by atoms with E-state index in [1.54, 1.807) is 0 Å². The van der Waals surface area contributed by atoms with Crippen molar-refractivity contribution in [3.63, 3.8) is 0 Å². The molecule has 29 heavy (non-hydrogen) atoms. The minimum Gasteiger partial charge on any atom is -0.471 e. The third-order valence-electron chi connectivity index (χ3n) is 5.88. The largest absolute Gasteiger partial charge is 0.471 e. The Morgan fingerprint density at radius 3 is 2.45 bits per heavy atom. The summed E-state index contributed by atoms with van der Waals surface area (Å²) in [4.78, 5) is 12.0. The van der Waals surface area contributed by atoms with Crippen molar-refractivity contribution < 1.29 is 59.5 Å². The summed E-state index contributed by atoms with van der Waals surface area (Å²) < 4.78 is 20.9. The Balaban J connectivity index is 1.88.